The van der Waals surface area contributed by atoms with Crippen LogP contribution in [0.3, 0.4) is 0 Å². The first kappa shape index (κ1) is 10.3. The fourth-order valence-corrected chi connectivity index (χ4v) is 1.36. The summed E-state index contributed by atoms with van der Waals surface area (Å²) in [5, 5.41) is 3.37. The van der Waals surface area contributed by atoms with Gasteiger partial charge in [-0.3, -0.25) is 0 Å². The summed E-state index contributed by atoms with van der Waals surface area (Å²) in [5.74, 6) is 1.19. The van der Waals surface area contributed by atoms with Crippen molar-refractivity contribution in [3.8, 4) is 0 Å². The largest absolute Gasteiger partial charge is 0.335 e. The summed E-state index contributed by atoms with van der Waals surface area (Å²) >= 11 is 0. The number of nitrogens with zero attached hydrogens (tertiary/aromatic N) is 2. The average molecular weight is 181 g/mol. The fraction of sp³-hybridized carbons (Fsp3) is 0.700. The van der Waals surface area contributed by atoms with E-state index in [1.807, 2.05) is 12.4 Å². The predicted octanol–water partition coefficient (Wildman–Crippen LogP) is 1.45. The third-order valence-electron chi connectivity index (χ3n) is 2.09. The van der Waals surface area contributed by atoms with Crippen molar-refractivity contribution >= 4 is 0 Å². The summed E-state index contributed by atoms with van der Waals surface area (Å²) in [6, 6.07) is 0. The molecule has 1 heterocycles. The Kier molecular flexibility index (Phi) is 4.54. The highest BCUT2D eigenvalue weighted by molar-refractivity contribution is 4.92. The van der Waals surface area contributed by atoms with Gasteiger partial charge >= 0.3 is 0 Å². The van der Waals surface area contributed by atoms with Crippen molar-refractivity contribution in [2.45, 2.75) is 33.2 Å². The molecule has 1 aromatic rings. The summed E-state index contributed by atoms with van der Waals surface area (Å²) in [6.45, 7) is 7.48. The molecule has 13 heavy (non-hydrogen) atoms. The zero-order valence-corrected chi connectivity index (χ0v) is 8.58. The second-order valence-corrected chi connectivity index (χ2v) is 3.13. The molecule has 0 aromatic carbocycles. The molecule has 0 aliphatic heterocycles. The summed E-state index contributed by atoms with van der Waals surface area (Å²) in [5.41, 5.74) is 0. The monoisotopic (exact) mass is 181 g/mol. The van der Waals surface area contributed by atoms with Gasteiger partial charge < -0.3 is 9.88 Å². The van der Waals surface area contributed by atoms with Gasteiger partial charge in [0, 0.05) is 31.9 Å². The first-order valence-electron chi connectivity index (χ1n) is 5.09. The maximum atomic E-state index is 4.31. The minimum absolute atomic E-state index is 1.02. The lowest BCUT2D eigenvalue weighted by Crippen LogP contribution is -2.19. The van der Waals surface area contributed by atoms with Gasteiger partial charge in [-0.05, 0) is 19.9 Å². The Labute approximate surface area is 80.2 Å². The van der Waals surface area contributed by atoms with E-state index < -0.39 is 0 Å². The zero-order valence-electron chi connectivity index (χ0n) is 8.58. The molecule has 0 spiro atoms. The Morgan fingerprint density at radius 2 is 2.23 bits per heavy atom. The van der Waals surface area contributed by atoms with Crippen LogP contribution in [-0.4, -0.2) is 22.6 Å². The van der Waals surface area contributed by atoms with Gasteiger partial charge in [0.05, 0.1) is 0 Å². The van der Waals surface area contributed by atoms with Gasteiger partial charge in [0.2, 0.25) is 0 Å². The molecule has 0 atom stereocenters. The molecule has 0 bridgehead atoms. The van der Waals surface area contributed by atoms with Crippen molar-refractivity contribution in [2.75, 3.05) is 13.1 Å². The molecule has 0 aliphatic rings. The van der Waals surface area contributed by atoms with Gasteiger partial charge in [0.1, 0.15) is 5.82 Å². The van der Waals surface area contributed by atoms with E-state index in [9.17, 15) is 0 Å². The summed E-state index contributed by atoms with van der Waals surface area (Å²) < 4.78 is 2.19. The third-order valence-corrected chi connectivity index (χ3v) is 2.09. The Morgan fingerprint density at radius 1 is 1.38 bits per heavy atom. The predicted molar refractivity (Wildman–Crippen MR) is 54.8 cm³/mol. The van der Waals surface area contributed by atoms with Crippen molar-refractivity contribution in [3.63, 3.8) is 0 Å². The maximum absolute atomic E-state index is 4.31. The highest BCUT2D eigenvalue weighted by Crippen LogP contribution is 1.97. The number of hydrogen-bond donors (Lipinski definition) is 1. The van der Waals surface area contributed by atoms with E-state index in [1.54, 1.807) is 0 Å². The highest BCUT2D eigenvalue weighted by atomic mass is 15.1. The first-order valence-corrected chi connectivity index (χ1v) is 5.09. The van der Waals surface area contributed by atoms with Crippen LogP contribution in [0.25, 0.3) is 0 Å². The fourth-order valence-electron chi connectivity index (χ4n) is 1.36. The standard InChI is InChI=1S/C10H19N3/c1-3-6-11-7-5-10-12-8-9-13(10)4-2/h8-9,11H,3-7H2,1-2H3. The van der Waals surface area contributed by atoms with Crippen molar-refractivity contribution in [3.05, 3.63) is 18.2 Å². The molecule has 74 valence electrons. The molecule has 0 saturated carbocycles. The van der Waals surface area contributed by atoms with Crippen molar-refractivity contribution in [2.24, 2.45) is 0 Å². The molecule has 0 unspecified atom stereocenters. The van der Waals surface area contributed by atoms with Crippen LogP contribution in [0.2, 0.25) is 0 Å². The number of imidazole rings is 1. The van der Waals surface area contributed by atoms with Gasteiger partial charge in [-0.25, -0.2) is 4.98 Å². The molecule has 0 aliphatic carbocycles. The Morgan fingerprint density at radius 3 is 2.92 bits per heavy atom. The minimum Gasteiger partial charge on any atom is -0.335 e. The van der Waals surface area contributed by atoms with E-state index in [2.05, 4.69) is 28.7 Å². The van der Waals surface area contributed by atoms with Crippen LogP contribution in [0.1, 0.15) is 26.1 Å². The van der Waals surface area contributed by atoms with E-state index in [0.29, 0.717) is 0 Å². The molecule has 3 nitrogen and oxygen atoms in total. The van der Waals surface area contributed by atoms with Gasteiger partial charge in [-0.1, -0.05) is 6.92 Å². The molecule has 0 amide bonds. The molecule has 0 saturated heterocycles. The first-order chi connectivity index (χ1) is 6.38. The van der Waals surface area contributed by atoms with Gasteiger partial charge in [-0.2, -0.15) is 0 Å². The number of aromatic nitrogens is 2. The number of aryl methyl sites for hydroxylation is 1. The maximum Gasteiger partial charge on any atom is 0.109 e. The molecule has 1 rings (SSSR count). The Hall–Kier alpha value is -0.830. The Bertz CT molecular complexity index is 230. The van der Waals surface area contributed by atoms with Crippen LogP contribution < -0.4 is 5.32 Å². The Balaban J connectivity index is 2.27. The van der Waals surface area contributed by atoms with Crippen molar-refractivity contribution in [1.29, 1.82) is 0 Å². The zero-order chi connectivity index (χ0) is 9.52. The summed E-state index contributed by atoms with van der Waals surface area (Å²) in [7, 11) is 0. The molecule has 0 fully saturated rings. The molecular formula is C10H19N3. The van der Waals surface area contributed by atoms with E-state index in [4.69, 9.17) is 0 Å². The number of rotatable bonds is 6. The quantitative estimate of drug-likeness (QED) is 0.673. The van der Waals surface area contributed by atoms with Crippen LogP contribution in [0, 0.1) is 0 Å². The summed E-state index contributed by atoms with van der Waals surface area (Å²) in [4.78, 5) is 4.31. The van der Waals surface area contributed by atoms with Crippen LogP contribution in [0.4, 0.5) is 0 Å². The lowest BCUT2D eigenvalue weighted by atomic mass is 10.4. The highest BCUT2D eigenvalue weighted by Gasteiger charge is 1.99. The lowest BCUT2D eigenvalue weighted by Gasteiger charge is -2.05. The molecule has 3 heteroatoms. The van der Waals surface area contributed by atoms with Gasteiger partial charge in [-0.15, -0.1) is 0 Å². The van der Waals surface area contributed by atoms with Crippen LogP contribution >= 0.6 is 0 Å². The number of nitrogens with one attached hydrogen (secondary N) is 1. The molecule has 0 radical (unpaired) electrons. The molecule has 1 N–H and O–H groups in total. The van der Waals surface area contributed by atoms with Gasteiger partial charge in [0.25, 0.3) is 0 Å². The van der Waals surface area contributed by atoms with Crippen LogP contribution in [0.15, 0.2) is 12.4 Å². The second kappa shape index (κ2) is 5.75. The topological polar surface area (TPSA) is 29.9 Å². The van der Waals surface area contributed by atoms with E-state index in [1.165, 1.54) is 12.2 Å². The summed E-state index contributed by atoms with van der Waals surface area (Å²) in [6.07, 6.45) is 6.14. The second-order valence-electron chi connectivity index (χ2n) is 3.13. The van der Waals surface area contributed by atoms with E-state index >= 15 is 0 Å². The van der Waals surface area contributed by atoms with Crippen LogP contribution in [0.5, 0.6) is 0 Å². The molecular weight excluding hydrogens is 162 g/mol. The normalized spacial score (nSPS) is 10.6. The SMILES string of the molecule is CCCNCCc1nccn1CC. The number of hydrogen-bond acceptors (Lipinski definition) is 2. The minimum atomic E-state index is 1.02. The third kappa shape index (κ3) is 3.19. The van der Waals surface area contributed by atoms with Crippen molar-refractivity contribution in [1.82, 2.24) is 14.9 Å². The van der Waals surface area contributed by atoms with E-state index in [-0.39, 0.29) is 0 Å². The average Bonchev–Trinajstić information content (AvgIpc) is 2.60. The molecule has 1 aromatic heterocycles. The van der Waals surface area contributed by atoms with Crippen molar-refractivity contribution < 1.29 is 0 Å². The lowest BCUT2D eigenvalue weighted by molar-refractivity contribution is 0.627. The van der Waals surface area contributed by atoms with Gasteiger partial charge in [0.15, 0.2) is 0 Å². The van der Waals surface area contributed by atoms with Crippen LogP contribution in [-0.2, 0) is 13.0 Å². The smallest absolute Gasteiger partial charge is 0.109 e. The van der Waals surface area contributed by atoms with E-state index in [0.717, 1.165) is 26.1 Å².